The normalized spacial score (nSPS) is 12.1. The van der Waals surface area contributed by atoms with Crippen molar-refractivity contribution in [1.29, 1.82) is 0 Å². The molecule has 1 N–H and O–H groups in total. The number of carbonyl (C=O) groups is 1. The van der Waals surface area contributed by atoms with E-state index in [1.807, 2.05) is 32.9 Å². The highest BCUT2D eigenvalue weighted by Gasteiger charge is 2.28. The van der Waals surface area contributed by atoms with E-state index in [4.69, 9.17) is 0 Å². The number of hydrogen-bond acceptors (Lipinski definition) is 2. The van der Waals surface area contributed by atoms with Crippen molar-refractivity contribution in [2.24, 2.45) is 5.41 Å². The van der Waals surface area contributed by atoms with E-state index < -0.39 is 5.41 Å². The Morgan fingerprint density at radius 3 is 1.47 bits per heavy atom. The van der Waals surface area contributed by atoms with Gasteiger partial charge in [0.15, 0.2) is 5.78 Å². The Labute approximate surface area is 205 Å². The zero-order chi connectivity index (χ0) is 25.4. The van der Waals surface area contributed by atoms with Gasteiger partial charge in [0.25, 0.3) is 0 Å². The number of aliphatic hydroxyl groups is 1. The lowest BCUT2D eigenvalue weighted by Gasteiger charge is -2.24. The van der Waals surface area contributed by atoms with Crippen molar-refractivity contribution in [2.75, 3.05) is 0 Å². The second kappa shape index (κ2) is 9.66. The maximum atomic E-state index is 12.4. The Bertz CT molecular complexity index is 1150. The van der Waals surface area contributed by atoms with Gasteiger partial charge in [0.2, 0.25) is 6.71 Å². The van der Waals surface area contributed by atoms with Gasteiger partial charge < -0.3 is 5.11 Å². The van der Waals surface area contributed by atoms with E-state index in [0.29, 0.717) is 5.56 Å². The summed E-state index contributed by atoms with van der Waals surface area (Å²) in [5.74, 6) is -0.0859. The first-order chi connectivity index (χ1) is 15.8. The Morgan fingerprint density at radius 1 is 0.735 bits per heavy atom. The molecular weight excluding hydrogens is 415 g/mol. The van der Waals surface area contributed by atoms with Crippen LogP contribution in [-0.2, 0) is 4.79 Å². The van der Waals surface area contributed by atoms with Crippen LogP contribution in [0.1, 0.15) is 59.7 Å². The molecule has 3 rings (SSSR count). The van der Waals surface area contributed by atoms with Crippen molar-refractivity contribution in [1.82, 2.24) is 0 Å². The quantitative estimate of drug-likeness (QED) is 0.312. The molecule has 3 aromatic rings. The summed E-state index contributed by atoms with van der Waals surface area (Å²) < 4.78 is 0. The number of rotatable bonds is 5. The van der Waals surface area contributed by atoms with Gasteiger partial charge in [-0.1, -0.05) is 119 Å². The second-order valence-corrected chi connectivity index (χ2v) is 10.8. The summed E-state index contributed by atoms with van der Waals surface area (Å²) in [4.78, 5) is 12.4. The first-order valence-electron chi connectivity index (χ1n) is 12.0. The van der Waals surface area contributed by atoms with Crippen molar-refractivity contribution in [3.05, 3.63) is 93.6 Å². The number of aliphatic hydroxyl groups excluding tert-OH is 1. The average Bonchev–Trinajstić information content (AvgIpc) is 2.70. The molecule has 0 heterocycles. The minimum absolute atomic E-state index is 0.00780. The van der Waals surface area contributed by atoms with Crippen LogP contribution in [-0.4, -0.2) is 17.6 Å². The lowest BCUT2D eigenvalue weighted by molar-refractivity contribution is -0.121. The SMILES string of the molecule is Cc1cc(C)c(B(c2ccc(C(O)=CC(=O)C(C)(C)C)cc2)c2c(C)cc(C)cc2C)c(C)c1. The predicted octanol–water partition coefficient (Wildman–Crippen LogP) is 5.57. The van der Waals surface area contributed by atoms with Crippen LogP contribution in [0.3, 0.4) is 0 Å². The van der Waals surface area contributed by atoms with Gasteiger partial charge in [-0.25, -0.2) is 0 Å². The van der Waals surface area contributed by atoms with Crippen molar-refractivity contribution >= 4 is 34.6 Å². The van der Waals surface area contributed by atoms with E-state index in [-0.39, 0.29) is 18.3 Å². The number of aryl methyl sites for hydroxylation is 6. The lowest BCUT2D eigenvalue weighted by atomic mass is 9.34. The molecule has 0 bridgehead atoms. The Morgan fingerprint density at radius 2 is 1.12 bits per heavy atom. The molecular formula is C31H37BO2. The topological polar surface area (TPSA) is 37.3 Å². The van der Waals surface area contributed by atoms with Crippen molar-refractivity contribution in [2.45, 2.75) is 62.3 Å². The molecule has 34 heavy (non-hydrogen) atoms. The molecule has 0 saturated heterocycles. The Kier molecular flexibility index (Phi) is 7.26. The predicted molar refractivity (Wildman–Crippen MR) is 147 cm³/mol. The standard InChI is InChI=1S/C31H37BO2/c1-19-14-21(3)29(22(4)15-19)32(30-23(5)16-20(2)17-24(30)6)26-12-10-25(11-13-26)27(33)18-28(34)31(7,8)9/h10-18,33H,1-9H3. The van der Waals surface area contributed by atoms with Crippen LogP contribution in [0.2, 0.25) is 0 Å². The number of hydrogen-bond donors (Lipinski definition) is 1. The number of benzene rings is 3. The molecule has 3 aromatic carbocycles. The van der Waals surface area contributed by atoms with E-state index >= 15 is 0 Å². The summed E-state index contributed by atoms with van der Waals surface area (Å²) in [6, 6.07) is 17.0. The van der Waals surface area contributed by atoms with Gasteiger partial charge in [-0.3, -0.25) is 4.79 Å². The van der Waals surface area contributed by atoms with Gasteiger partial charge in [0, 0.05) is 17.1 Å². The summed E-state index contributed by atoms with van der Waals surface area (Å²) in [5.41, 5.74) is 11.6. The van der Waals surface area contributed by atoms with Crippen molar-refractivity contribution in [3.8, 4) is 0 Å². The largest absolute Gasteiger partial charge is 0.507 e. The summed E-state index contributed by atoms with van der Waals surface area (Å²) in [5, 5.41) is 10.6. The van der Waals surface area contributed by atoms with E-state index in [0.717, 1.165) is 0 Å². The molecule has 0 radical (unpaired) electrons. The molecule has 0 saturated carbocycles. The zero-order valence-electron chi connectivity index (χ0n) is 22.1. The number of ketones is 1. The third kappa shape index (κ3) is 5.36. The van der Waals surface area contributed by atoms with Crippen molar-refractivity contribution < 1.29 is 9.90 Å². The number of allylic oxidation sites excluding steroid dienone is 1. The Balaban J connectivity index is 2.18. The van der Waals surface area contributed by atoms with Crippen LogP contribution in [0.15, 0.2) is 54.6 Å². The fourth-order valence-corrected chi connectivity index (χ4v) is 5.04. The second-order valence-electron chi connectivity index (χ2n) is 10.8. The minimum atomic E-state index is -0.528. The molecule has 0 aliphatic heterocycles. The summed E-state index contributed by atoms with van der Waals surface area (Å²) in [6.07, 6.45) is 1.34. The molecule has 0 atom stereocenters. The maximum Gasteiger partial charge on any atom is 0.242 e. The van der Waals surface area contributed by atoms with Crippen LogP contribution in [0.5, 0.6) is 0 Å². The Hall–Kier alpha value is -3.07. The molecule has 0 unspecified atom stereocenters. The molecule has 3 heteroatoms. The first-order valence-corrected chi connectivity index (χ1v) is 12.0. The van der Waals surface area contributed by atoms with E-state index in [2.05, 4.69) is 77.9 Å². The highest BCUT2D eigenvalue weighted by Crippen LogP contribution is 2.19. The first kappa shape index (κ1) is 25.6. The molecule has 176 valence electrons. The molecule has 0 aliphatic carbocycles. The van der Waals surface area contributed by atoms with Gasteiger partial charge in [-0.05, 0) is 41.5 Å². The summed E-state index contributed by atoms with van der Waals surface area (Å²) in [7, 11) is 0. The monoisotopic (exact) mass is 452 g/mol. The summed E-state index contributed by atoms with van der Waals surface area (Å²) in [6.45, 7) is 18.7. The van der Waals surface area contributed by atoms with Crippen LogP contribution in [0.4, 0.5) is 0 Å². The van der Waals surface area contributed by atoms with Gasteiger partial charge in [0.05, 0.1) is 0 Å². The van der Waals surface area contributed by atoms with E-state index in [9.17, 15) is 9.90 Å². The average molecular weight is 452 g/mol. The van der Waals surface area contributed by atoms with Crippen LogP contribution < -0.4 is 16.4 Å². The van der Waals surface area contributed by atoms with Crippen LogP contribution in [0, 0.1) is 47.0 Å². The molecule has 0 aliphatic rings. The third-order valence-electron chi connectivity index (χ3n) is 6.60. The summed E-state index contributed by atoms with van der Waals surface area (Å²) >= 11 is 0. The van der Waals surface area contributed by atoms with Gasteiger partial charge >= 0.3 is 0 Å². The van der Waals surface area contributed by atoms with Gasteiger partial charge in [0.1, 0.15) is 5.76 Å². The van der Waals surface area contributed by atoms with Crippen molar-refractivity contribution in [3.63, 3.8) is 0 Å². The molecule has 0 fully saturated rings. The zero-order valence-corrected chi connectivity index (χ0v) is 22.1. The molecule has 0 aromatic heterocycles. The molecule has 2 nitrogen and oxygen atoms in total. The lowest BCUT2D eigenvalue weighted by Crippen LogP contribution is -2.55. The van der Waals surface area contributed by atoms with Crippen LogP contribution >= 0.6 is 0 Å². The fraction of sp³-hybridized carbons (Fsp3) is 0.323. The van der Waals surface area contributed by atoms with Gasteiger partial charge in [-0.15, -0.1) is 0 Å². The highest BCUT2D eigenvalue weighted by molar-refractivity contribution is 6.96. The van der Waals surface area contributed by atoms with E-state index in [1.165, 1.54) is 55.8 Å². The molecule has 0 amide bonds. The fourth-order valence-electron chi connectivity index (χ4n) is 5.04. The smallest absolute Gasteiger partial charge is 0.242 e. The van der Waals surface area contributed by atoms with Gasteiger partial charge in [-0.2, -0.15) is 0 Å². The third-order valence-corrected chi connectivity index (χ3v) is 6.60. The van der Waals surface area contributed by atoms with E-state index in [1.54, 1.807) is 0 Å². The number of carbonyl (C=O) groups excluding carboxylic acids is 1. The maximum absolute atomic E-state index is 12.4. The minimum Gasteiger partial charge on any atom is -0.507 e. The van der Waals surface area contributed by atoms with Crippen LogP contribution in [0.25, 0.3) is 5.76 Å². The highest BCUT2D eigenvalue weighted by atomic mass is 16.3. The molecule has 0 spiro atoms.